The Kier molecular flexibility index (Phi) is 3.43. The Hall–Kier alpha value is -1.39. The van der Waals surface area contributed by atoms with Crippen LogP contribution in [0.15, 0.2) is 0 Å². The van der Waals surface area contributed by atoms with Gasteiger partial charge in [-0.25, -0.2) is 4.98 Å². The van der Waals surface area contributed by atoms with Gasteiger partial charge in [-0.1, -0.05) is 19.3 Å². The van der Waals surface area contributed by atoms with Crippen LogP contribution in [0.4, 0.5) is 0 Å². The second kappa shape index (κ2) is 5.43. The lowest BCUT2D eigenvalue weighted by molar-refractivity contribution is 0.0649. The first-order chi connectivity index (χ1) is 10.3. The van der Waals surface area contributed by atoms with Crippen molar-refractivity contribution in [2.75, 3.05) is 6.54 Å². The van der Waals surface area contributed by atoms with E-state index in [1.54, 1.807) is 0 Å². The number of carbonyl (C=O) groups is 1. The molecule has 114 valence electrons. The van der Waals surface area contributed by atoms with Gasteiger partial charge in [0.15, 0.2) is 0 Å². The van der Waals surface area contributed by atoms with E-state index < -0.39 is 0 Å². The molecule has 2 saturated carbocycles. The minimum Gasteiger partial charge on any atom is -0.333 e. The summed E-state index contributed by atoms with van der Waals surface area (Å²) in [6.45, 7) is 0.882. The van der Waals surface area contributed by atoms with Gasteiger partial charge in [0.05, 0.1) is 0 Å². The molecule has 1 atom stereocenters. The van der Waals surface area contributed by atoms with Crippen molar-refractivity contribution in [1.82, 2.24) is 20.1 Å². The van der Waals surface area contributed by atoms with Gasteiger partial charge in [-0.3, -0.25) is 9.89 Å². The summed E-state index contributed by atoms with van der Waals surface area (Å²) in [4.78, 5) is 19.2. The molecule has 1 aromatic heterocycles. The highest BCUT2D eigenvalue weighted by Crippen LogP contribution is 2.38. The first-order valence-corrected chi connectivity index (χ1v) is 8.56. The van der Waals surface area contributed by atoms with E-state index in [9.17, 15) is 4.79 Å². The molecule has 1 saturated heterocycles. The standard InChI is InChI=1S/C16H24N4O/c21-16(15-17-14(18-19-15)12-8-9-12)20-10-4-7-13(20)11-5-2-1-3-6-11/h11-13H,1-10H2,(H,17,18,19). The van der Waals surface area contributed by atoms with E-state index in [0.29, 0.717) is 23.7 Å². The van der Waals surface area contributed by atoms with Gasteiger partial charge in [-0.2, -0.15) is 0 Å². The molecule has 0 bridgehead atoms. The van der Waals surface area contributed by atoms with Crippen LogP contribution in [0.5, 0.6) is 0 Å². The van der Waals surface area contributed by atoms with Crippen LogP contribution in [0.1, 0.15) is 80.1 Å². The van der Waals surface area contributed by atoms with Gasteiger partial charge in [-0.15, -0.1) is 5.10 Å². The molecule has 3 aliphatic rings. The highest BCUT2D eigenvalue weighted by Gasteiger charge is 2.37. The van der Waals surface area contributed by atoms with E-state index in [0.717, 1.165) is 25.2 Å². The van der Waals surface area contributed by atoms with Crippen molar-refractivity contribution in [3.05, 3.63) is 11.6 Å². The fourth-order valence-corrected chi connectivity index (χ4v) is 4.09. The highest BCUT2D eigenvalue weighted by molar-refractivity contribution is 5.90. The average molecular weight is 288 g/mol. The zero-order valence-electron chi connectivity index (χ0n) is 12.6. The van der Waals surface area contributed by atoms with Crippen molar-refractivity contribution >= 4 is 5.91 Å². The third-order valence-electron chi connectivity index (χ3n) is 5.41. The molecule has 4 rings (SSSR count). The topological polar surface area (TPSA) is 61.9 Å². The van der Waals surface area contributed by atoms with Crippen LogP contribution in [0.2, 0.25) is 0 Å². The first kappa shape index (κ1) is 13.3. The summed E-state index contributed by atoms with van der Waals surface area (Å²) in [6.07, 6.45) is 11.2. The second-order valence-corrected chi connectivity index (χ2v) is 6.92. The van der Waals surface area contributed by atoms with Crippen molar-refractivity contribution in [2.24, 2.45) is 5.92 Å². The Balaban J connectivity index is 1.48. The third kappa shape index (κ3) is 2.58. The van der Waals surface area contributed by atoms with E-state index in [-0.39, 0.29) is 5.91 Å². The Morgan fingerprint density at radius 3 is 2.62 bits per heavy atom. The van der Waals surface area contributed by atoms with Crippen LogP contribution in [-0.2, 0) is 0 Å². The smallest absolute Gasteiger partial charge is 0.293 e. The fraction of sp³-hybridized carbons (Fsp3) is 0.812. The Morgan fingerprint density at radius 2 is 1.86 bits per heavy atom. The maximum absolute atomic E-state index is 12.7. The predicted molar refractivity (Wildman–Crippen MR) is 79.0 cm³/mol. The van der Waals surface area contributed by atoms with Crippen molar-refractivity contribution in [1.29, 1.82) is 0 Å². The van der Waals surface area contributed by atoms with Gasteiger partial charge in [-0.05, 0) is 44.4 Å². The number of hydrogen-bond acceptors (Lipinski definition) is 3. The first-order valence-electron chi connectivity index (χ1n) is 8.56. The number of aromatic amines is 1. The summed E-state index contributed by atoms with van der Waals surface area (Å²) in [7, 11) is 0. The van der Waals surface area contributed by atoms with E-state index in [1.807, 2.05) is 0 Å². The van der Waals surface area contributed by atoms with Gasteiger partial charge in [0.2, 0.25) is 5.82 Å². The van der Waals surface area contributed by atoms with E-state index in [4.69, 9.17) is 0 Å². The Bertz CT molecular complexity index is 516. The highest BCUT2D eigenvalue weighted by atomic mass is 16.2. The van der Waals surface area contributed by atoms with Gasteiger partial charge in [0, 0.05) is 18.5 Å². The van der Waals surface area contributed by atoms with Crippen LogP contribution >= 0.6 is 0 Å². The average Bonchev–Trinajstić information content (AvgIpc) is 3.07. The number of rotatable bonds is 3. The molecular weight excluding hydrogens is 264 g/mol. The number of amides is 1. The van der Waals surface area contributed by atoms with Crippen molar-refractivity contribution in [3.8, 4) is 0 Å². The molecule has 0 spiro atoms. The summed E-state index contributed by atoms with van der Waals surface area (Å²) >= 11 is 0. The predicted octanol–water partition coefficient (Wildman–Crippen LogP) is 2.87. The monoisotopic (exact) mass is 288 g/mol. The molecule has 21 heavy (non-hydrogen) atoms. The number of nitrogens with zero attached hydrogens (tertiary/aromatic N) is 3. The Morgan fingerprint density at radius 1 is 1.05 bits per heavy atom. The van der Waals surface area contributed by atoms with Gasteiger partial charge < -0.3 is 4.90 Å². The lowest BCUT2D eigenvalue weighted by Gasteiger charge is -2.33. The van der Waals surface area contributed by atoms with E-state index >= 15 is 0 Å². The molecule has 1 unspecified atom stereocenters. The fourth-order valence-electron chi connectivity index (χ4n) is 4.09. The van der Waals surface area contributed by atoms with Crippen molar-refractivity contribution in [3.63, 3.8) is 0 Å². The third-order valence-corrected chi connectivity index (χ3v) is 5.41. The van der Waals surface area contributed by atoms with Crippen LogP contribution in [0.25, 0.3) is 0 Å². The largest absolute Gasteiger partial charge is 0.333 e. The van der Waals surface area contributed by atoms with Crippen LogP contribution in [0.3, 0.4) is 0 Å². The van der Waals surface area contributed by atoms with Crippen LogP contribution < -0.4 is 0 Å². The molecular formula is C16H24N4O. The zero-order valence-corrected chi connectivity index (χ0v) is 12.6. The van der Waals surface area contributed by atoms with Gasteiger partial charge in [0.1, 0.15) is 5.82 Å². The molecule has 1 aromatic rings. The number of H-pyrrole nitrogens is 1. The maximum Gasteiger partial charge on any atom is 0.293 e. The molecule has 0 aromatic carbocycles. The van der Waals surface area contributed by atoms with Crippen molar-refractivity contribution in [2.45, 2.75) is 69.7 Å². The molecule has 0 radical (unpaired) electrons. The number of carbonyl (C=O) groups excluding carboxylic acids is 1. The number of hydrogen-bond donors (Lipinski definition) is 1. The van der Waals surface area contributed by atoms with Gasteiger partial charge in [0.25, 0.3) is 5.91 Å². The molecule has 5 heteroatoms. The van der Waals surface area contributed by atoms with Gasteiger partial charge >= 0.3 is 0 Å². The lowest BCUT2D eigenvalue weighted by atomic mass is 9.83. The van der Waals surface area contributed by atoms with Crippen molar-refractivity contribution < 1.29 is 4.79 Å². The Labute approximate surface area is 125 Å². The molecule has 2 heterocycles. The molecule has 1 amide bonds. The number of likely N-dealkylation sites (tertiary alicyclic amines) is 1. The minimum atomic E-state index is 0.0474. The van der Waals surface area contributed by atoms with Crippen LogP contribution in [-0.4, -0.2) is 38.6 Å². The normalized spacial score (nSPS) is 27.2. The summed E-state index contributed by atoms with van der Waals surface area (Å²) in [6, 6.07) is 0.431. The molecule has 1 N–H and O–H groups in total. The number of nitrogens with one attached hydrogen (secondary N) is 1. The van der Waals surface area contributed by atoms with E-state index in [2.05, 4.69) is 20.1 Å². The quantitative estimate of drug-likeness (QED) is 0.930. The summed E-state index contributed by atoms with van der Waals surface area (Å²) < 4.78 is 0. The second-order valence-electron chi connectivity index (χ2n) is 6.92. The minimum absolute atomic E-state index is 0.0474. The maximum atomic E-state index is 12.7. The number of aromatic nitrogens is 3. The molecule has 1 aliphatic heterocycles. The molecule has 3 fully saturated rings. The van der Waals surface area contributed by atoms with Crippen LogP contribution in [0, 0.1) is 5.92 Å². The van der Waals surface area contributed by atoms with E-state index in [1.165, 1.54) is 44.9 Å². The summed E-state index contributed by atoms with van der Waals surface area (Å²) in [5, 5.41) is 7.13. The summed E-state index contributed by atoms with van der Waals surface area (Å²) in [5.74, 6) is 2.57. The molecule has 5 nitrogen and oxygen atoms in total. The summed E-state index contributed by atoms with van der Waals surface area (Å²) in [5.41, 5.74) is 0. The molecule has 2 aliphatic carbocycles. The zero-order chi connectivity index (χ0) is 14.2. The lowest BCUT2D eigenvalue weighted by Crippen LogP contribution is -2.41. The SMILES string of the molecule is O=C(c1n[nH]c(C2CC2)n1)N1CCCC1C1CCCCC1.